The lowest BCUT2D eigenvalue weighted by Crippen LogP contribution is -2.46. The number of phenolic OH excluding ortho intramolecular Hbond substituents is 2. The van der Waals surface area contributed by atoms with Crippen LogP contribution in [-0.4, -0.2) is 117 Å². The highest BCUT2D eigenvalue weighted by molar-refractivity contribution is 14.1. The predicted molar refractivity (Wildman–Crippen MR) is 258 cm³/mol. The summed E-state index contributed by atoms with van der Waals surface area (Å²) in [4.78, 5) is 77.7. The van der Waals surface area contributed by atoms with Crippen LogP contribution in [0.25, 0.3) is 28.1 Å². The van der Waals surface area contributed by atoms with Crippen LogP contribution < -0.4 is 26.7 Å². The number of likely N-dealkylation sites (tertiary alicyclic amines) is 1. The molecule has 20 nitrogen and oxygen atoms in total. The van der Waals surface area contributed by atoms with E-state index in [-0.39, 0.29) is 76.1 Å². The van der Waals surface area contributed by atoms with Gasteiger partial charge in [-0.3, -0.25) is 37.7 Å². The van der Waals surface area contributed by atoms with Crippen LogP contribution >= 0.6 is 22.6 Å². The molecule has 0 saturated carbocycles. The summed E-state index contributed by atoms with van der Waals surface area (Å²) in [5.41, 5.74) is -1.64. The maximum absolute atomic E-state index is 15.4. The Morgan fingerprint density at radius 3 is 2.39 bits per heavy atom. The number of esters is 1. The van der Waals surface area contributed by atoms with Gasteiger partial charge in [0, 0.05) is 55.8 Å². The molecule has 1 saturated heterocycles. The van der Waals surface area contributed by atoms with Gasteiger partial charge in [-0.2, -0.15) is 4.39 Å². The monoisotopic (exact) mass is 1070 g/mol. The predicted octanol–water partition coefficient (Wildman–Crippen LogP) is 4.46. The largest absolute Gasteiger partial charge is 0.508 e. The minimum Gasteiger partial charge on any atom is -0.508 e. The van der Waals surface area contributed by atoms with Crippen molar-refractivity contribution in [1.29, 1.82) is 0 Å². The van der Waals surface area contributed by atoms with Crippen molar-refractivity contribution < 1.29 is 43.2 Å². The first-order valence-corrected chi connectivity index (χ1v) is 23.1. The number of pyridine rings is 2. The Morgan fingerprint density at radius 2 is 1.72 bits per heavy atom. The standard InChI is InChI=1S/C46H50F2IN11O9/c1-6-50-44(66)43-55-54-41(30-18-29(24(2)3)33(62)19-34(30)63)60(43)27-8-10-35(51-20-27)56(4)26-13-15-58(16-14-26)36(64)11-12-37(65)69-22-28(61)21-59-23-52-42-38(45(59)67)40(39(48)46(68)57(42)5)53-32-9-7-25(49)17-31(32)47/h7-10,17-20,23-24,26,28,53,61-63H,6,11-16,21-22H2,1-5H3,(H,50,66)/t28-/m1/s1. The van der Waals surface area contributed by atoms with E-state index < -0.39 is 59.6 Å². The van der Waals surface area contributed by atoms with Crippen LogP contribution in [0, 0.1) is 15.2 Å². The number of aromatic nitrogens is 7. The van der Waals surface area contributed by atoms with E-state index >= 15 is 4.39 Å². The summed E-state index contributed by atoms with van der Waals surface area (Å²) in [7, 11) is 3.11. The van der Waals surface area contributed by atoms with E-state index in [1.165, 1.54) is 29.8 Å². The number of rotatable bonds is 16. The van der Waals surface area contributed by atoms with Crippen LogP contribution in [0.2, 0.25) is 0 Å². The maximum atomic E-state index is 15.4. The number of nitrogens with zero attached hydrogens (tertiary/aromatic N) is 9. The van der Waals surface area contributed by atoms with Crippen molar-refractivity contribution in [2.75, 3.05) is 43.5 Å². The molecule has 1 fully saturated rings. The number of piperidine rings is 1. The van der Waals surface area contributed by atoms with Gasteiger partial charge in [0.15, 0.2) is 11.5 Å². The van der Waals surface area contributed by atoms with E-state index in [1.54, 1.807) is 42.3 Å². The molecular weight excluding hydrogens is 1020 g/mol. The number of anilines is 3. The first-order chi connectivity index (χ1) is 32.9. The number of aliphatic hydroxyl groups excluding tert-OH is 1. The number of carbonyl (C=O) groups excluding carboxylic acids is 3. The van der Waals surface area contributed by atoms with E-state index in [2.05, 4.69) is 30.8 Å². The number of phenols is 2. The van der Waals surface area contributed by atoms with Gasteiger partial charge in [-0.05, 0) is 90.2 Å². The first kappa shape index (κ1) is 49.9. The minimum absolute atomic E-state index is 0.00802. The summed E-state index contributed by atoms with van der Waals surface area (Å²) in [6.07, 6.45) is 1.99. The van der Waals surface area contributed by atoms with Crippen LogP contribution in [0.4, 0.5) is 26.0 Å². The van der Waals surface area contributed by atoms with Crippen LogP contribution in [0.5, 0.6) is 11.5 Å². The highest BCUT2D eigenvalue weighted by Crippen LogP contribution is 2.38. The quantitative estimate of drug-likeness (QED) is 0.0663. The number of aromatic hydroxyl groups is 2. The summed E-state index contributed by atoms with van der Waals surface area (Å²) >= 11 is 1.89. The zero-order chi connectivity index (χ0) is 49.8. The average Bonchev–Trinajstić information content (AvgIpc) is 3.77. The third-order valence-electron chi connectivity index (χ3n) is 11.8. The van der Waals surface area contributed by atoms with Crippen molar-refractivity contribution in [2.45, 2.75) is 71.1 Å². The van der Waals surface area contributed by atoms with Gasteiger partial charge in [0.2, 0.25) is 17.5 Å². The van der Waals surface area contributed by atoms with E-state index in [0.717, 1.165) is 15.5 Å². The molecule has 364 valence electrons. The molecule has 1 aliphatic rings. The molecule has 7 rings (SSSR count). The molecule has 0 unspecified atom stereocenters. The Morgan fingerprint density at radius 1 is 0.986 bits per heavy atom. The van der Waals surface area contributed by atoms with Gasteiger partial charge in [0.25, 0.3) is 17.0 Å². The number of amides is 2. The number of benzene rings is 2. The van der Waals surface area contributed by atoms with Gasteiger partial charge in [0.05, 0.1) is 41.8 Å². The lowest BCUT2D eigenvalue weighted by molar-refractivity contribution is -0.149. The highest BCUT2D eigenvalue weighted by atomic mass is 127. The van der Waals surface area contributed by atoms with Gasteiger partial charge >= 0.3 is 5.97 Å². The Bertz CT molecular complexity index is 3050. The summed E-state index contributed by atoms with van der Waals surface area (Å²) in [6, 6.07) is 10.5. The lowest BCUT2D eigenvalue weighted by atomic mass is 9.98. The van der Waals surface area contributed by atoms with E-state index in [4.69, 9.17) is 4.74 Å². The zero-order valence-corrected chi connectivity index (χ0v) is 40.4. The second-order valence-corrected chi connectivity index (χ2v) is 18.0. The van der Waals surface area contributed by atoms with E-state index in [0.29, 0.717) is 53.1 Å². The number of fused-ring (bicyclic) bond motifs is 1. The highest BCUT2D eigenvalue weighted by Gasteiger charge is 2.29. The van der Waals surface area contributed by atoms with Gasteiger partial charge in [-0.15, -0.1) is 10.2 Å². The Hall–Kier alpha value is -7.02. The van der Waals surface area contributed by atoms with Crippen molar-refractivity contribution in [1.82, 2.24) is 44.1 Å². The molecule has 5 N–H and O–H groups in total. The molecule has 0 spiro atoms. The molecule has 6 aromatic rings. The van der Waals surface area contributed by atoms with Crippen molar-refractivity contribution in [2.24, 2.45) is 7.05 Å². The molecule has 5 heterocycles. The molecule has 69 heavy (non-hydrogen) atoms. The normalized spacial score (nSPS) is 13.4. The fourth-order valence-electron chi connectivity index (χ4n) is 8.03. The SMILES string of the molecule is CCNC(=O)c1nnc(-c2cc(C(C)C)c(O)cc2O)n1-c1ccc(N(C)C2CCN(C(=O)CCC(=O)OC[C@H](O)Cn3cnc4c(c(Nc5ccc(I)cc5F)c(F)c(=O)n4C)c3=O)CC2)nc1. The molecule has 0 radical (unpaired) electrons. The van der Waals surface area contributed by atoms with Crippen LogP contribution in [0.3, 0.4) is 0 Å². The lowest BCUT2D eigenvalue weighted by Gasteiger charge is -2.37. The molecular formula is C46H50F2IN11O9. The molecule has 0 bridgehead atoms. The minimum atomic E-state index is -1.42. The van der Waals surface area contributed by atoms with Crippen molar-refractivity contribution >= 4 is 68.6 Å². The van der Waals surface area contributed by atoms with Gasteiger partial charge in [-0.25, -0.2) is 14.4 Å². The molecule has 2 amide bonds. The molecule has 1 atom stereocenters. The molecule has 4 aromatic heterocycles. The second-order valence-electron chi connectivity index (χ2n) is 16.8. The van der Waals surface area contributed by atoms with Crippen molar-refractivity contribution in [3.63, 3.8) is 0 Å². The van der Waals surface area contributed by atoms with E-state index in [9.17, 15) is 43.7 Å². The third-order valence-corrected chi connectivity index (χ3v) is 12.5. The van der Waals surface area contributed by atoms with Crippen LogP contribution in [0.1, 0.15) is 68.6 Å². The summed E-state index contributed by atoms with van der Waals surface area (Å²) in [5.74, 6) is -3.21. The number of aliphatic hydroxyl groups is 1. The maximum Gasteiger partial charge on any atom is 0.306 e. The third kappa shape index (κ3) is 10.7. The van der Waals surface area contributed by atoms with Crippen LogP contribution in [0.15, 0.2) is 64.6 Å². The summed E-state index contributed by atoms with van der Waals surface area (Å²) in [6.45, 7) is 5.76. The number of hydrogen-bond donors (Lipinski definition) is 5. The Labute approximate surface area is 406 Å². The number of carbonyl (C=O) groups is 3. The number of ether oxygens (including phenoxy) is 1. The number of halogens is 3. The Balaban J connectivity index is 0.925. The Kier molecular flexibility index (Phi) is 15.2. The van der Waals surface area contributed by atoms with Crippen molar-refractivity contribution in [3.8, 4) is 28.6 Å². The van der Waals surface area contributed by atoms with Gasteiger partial charge in [0.1, 0.15) is 47.6 Å². The zero-order valence-electron chi connectivity index (χ0n) is 38.2. The average molecular weight is 1070 g/mol. The van der Waals surface area contributed by atoms with Gasteiger partial charge in [-0.1, -0.05) is 13.8 Å². The molecule has 1 aliphatic heterocycles. The van der Waals surface area contributed by atoms with Crippen LogP contribution in [-0.2, 0) is 27.9 Å². The van der Waals surface area contributed by atoms with E-state index in [1.807, 2.05) is 48.4 Å². The summed E-state index contributed by atoms with van der Waals surface area (Å²) in [5, 5.41) is 45.3. The van der Waals surface area contributed by atoms with Crippen molar-refractivity contribution in [3.05, 3.63) is 102 Å². The second kappa shape index (κ2) is 21.1. The summed E-state index contributed by atoms with van der Waals surface area (Å²) < 4.78 is 39.1. The molecule has 0 aliphatic carbocycles. The number of nitrogens with one attached hydrogen (secondary N) is 2. The molecule has 23 heteroatoms. The fraction of sp³-hybridized carbons (Fsp3) is 0.370. The topological polar surface area (TPSA) is 252 Å². The smallest absolute Gasteiger partial charge is 0.306 e. The van der Waals surface area contributed by atoms with Gasteiger partial charge < -0.3 is 40.5 Å². The fourth-order valence-corrected chi connectivity index (χ4v) is 8.48. The first-order valence-electron chi connectivity index (χ1n) is 22.0. The number of hydrogen-bond acceptors (Lipinski definition) is 15. The number of aryl methyl sites for hydroxylation is 1. The molecule has 2 aromatic carbocycles.